The van der Waals surface area contributed by atoms with E-state index in [2.05, 4.69) is 28.4 Å². The lowest BCUT2D eigenvalue weighted by Crippen LogP contribution is -2.44. The molecule has 5 nitrogen and oxygen atoms in total. The highest BCUT2D eigenvalue weighted by Crippen LogP contribution is 2.32. The third-order valence-electron chi connectivity index (χ3n) is 4.35. The van der Waals surface area contributed by atoms with E-state index in [9.17, 15) is 9.90 Å². The Hall–Kier alpha value is -1.59. The molecular formula is C15H21N3O2. The molecule has 5 heteroatoms. The molecule has 0 radical (unpaired) electrons. The van der Waals surface area contributed by atoms with Gasteiger partial charge in [0.15, 0.2) is 0 Å². The molecule has 1 unspecified atom stereocenters. The highest BCUT2D eigenvalue weighted by Gasteiger charge is 2.29. The number of carbonyl (C=O) groups is 1. The average Bonchev–Trinajstić information content (AvgIpc) is 2.91. The molecule has 0 aliphatic carbocycles. The summed E-state index contributed by atoms with van der Waals surface area (Å²) in [6.45, 7) is 7.30. The van der Waals surface area contributed by atoms with E-state index < -0.39 is 12.0 Å². The van der Waals surface area contributed by atoms with Crippen molar-refractivity contribution < 1.29 is 9.90 Å². The maximum Gasteiger partial charge on any atom is 0.320 e. The smallest absolute Gasteiger partial charge is 0.320 e. The van der Waals surface area contributed by atoms with Crippen molar-refractivity contribution in [1.29, 1.82) is 0 Å². The summed E-state index contributed by atoms with van der Waals surface area (Å²) >= 11 is 0. The van der Waals surface area contributed by atoms with Gasteiger partial charge in [-0.2, -0.15) is 0 Å². The molecule has 108 valence electrons. The highest BCUT2D eigenvalue weighted by atomic mass is 16.4. The Kier molecular flexibility index (Phi) is 3.63. The van der Waals surface area contributed by atoms with Crippen molar-refractivity contribution in [2.24, 2.45) is 0 Å². The standard InChI is InChI=1S/C15H21N3O2/c1-11(15(19)20)18-9-12-3-2-4-14(13(12)10-18)17-7-5-16-6-8-17/h2-4,11,16H,5-10H2,1H3,(H,19,20). The fourth-order valence-electron chi connectivity index (χ4n) is 3.06. The monoisotopic (exact) mass is 275 g/mol. The van der Waals surface area contributed by atoms with Crippen LogP contribution in [-0.2, 0) is 17.9 Å². The van der Waals surface area contributed by atoms with Crippen molar-refractivity contribution in [2.75, 3.05) is 31.1 Å². The number of benzene rings is 1. The highest BCUT2D eigenvalue weighted by molar-refractivity contribution is 5.73. The van der Waals surface area contributed by atoms with E-state index in [-0.39, 0.29) is 0 Å². The molecule has 1 atom stereocenters. The first-order valence-electron chi connectivity index (χ1n) is 7.20. The summed E-state index contributed by atoms with van der Waals surface area (Å²) in [5.41, 5.74) is 3.86. The second-order valence-electron chi connectivity index (χ2n) is 5.57. The van der Waals surface area contributed by atoms with Crippen LogP contribution >= 0.6 is 0 Å². The number of rotatable bonds is 3. The Labute approximate surface area is 119 Å². The maximum absolute atomic E-state index is 11.2. The van der Waals surface area contributed by atoms with Gasteiger partial charge in [-0.3, -0.25) is 9.69 Å². The topological polar surface area (TPSA) is 55.8 Å². The minimum atomic E-state index is -0.749. The fraction of sp³-hybridized carbons (Fsp3) is 0.533. The molecular weight excluding hydrogens is 254 g/mol. The van der Waals surface area contributed by atoms with Crippen LogP contribution in [0.5, 0.6) is 0 Å². The lowest BCUT2D eigenvalue weighted by molar-refractivity contribution is -0.142. The van der Waals surface area contributed by atoms with E-state index in [0.717, 1.165) is 39.3 Å². The summed E-state index contributed by atoms with van der Waals surface area (Å²) in [5.74, 6) is -0.749. The molecule has 2 N–H and O–H groups in total. The molecule has 2 aliphatic rings. The Balaban J connectivity index is 1.84. The number of hydrogen-bond acceptors (Lipinski definition) is 4. The van der Waals surface area contributed by atoms with Crippen molar-refractivity contribution in [3.05, 3.63) is 29.3 Å². The number of carboxylic acid groups (broad SMARTS) is 1. The molecule has 1 saturated heterocycles. The SMILES string of the molecule is CC(C(=O)O)N1Cc2cccc(N3CCNCC3)c2C1. The number of piperazine rings is 1. The maximum atomic E-state index is 11.2. The molecule has 0 bridgehead atoms. The number of nitrogens with zero attached hydrogens (tertiary/aromatic N) is 2. The van der Waals surface area contributed by atoms with Crippen LogP contribution in [0.25, 0.3) is 0 Å². The van der Waals surface area contributed by atoms with Gasteiger partial charge in [-0.05, 0) is 24.1 Å². The van der Waals surface area contributed by atoms with Gasteiger partial charge < -0.3 is 15.3 Å². The normalized spacial score (nSPS) is 20.8. The molecule has 1 aromatic rings. The van der Waals surface area contributed by atoms with Crippen molar-refractivity contribution in [3.8, 4) is 0 Å². The Bertz CT molecular complexity index is 512. The third kappa shape index (κ3) is 2.39. The van der Waals surface area contributed by atoms with E-state index >= 15 is 0 Å². The van der Waals surface area contributed by atoms with Crippen LogP contribution in [0.3, 0.4) is 0 Å². The van der Waals surface area contributed by atoms with E-state index in [1.807, 2.05) is 4.90 Å². The zero-order chi connectivity index (χ0) is 14.1. The van der Waals surface area contributed by atoms with Gasteiger partial charge in [0.25, 0.3) is 0 Å². The molecule has 1 aromatic carbocycles. The van der Waals surface area contributed by atoms with Crippen LogP contribution in [-0.4, -0.2) is 48.2 Å². The third-order valence-corrected chi connectivity index (χ3v) is 4.35. The first kappa shape index (κ1) is 13.4. The first-order chi connectivity index (χ1) is 9.66. The van der Waals surface area contributed by atoms with Gasteiger partial charge in [0.2, 0.25) is 0 Å². The number of nitrogens with one attached hydrogen (secondary N) is 1. The number of aliphatic carboxylic acids is 1. The summed E-state index contributed by atoms with van der Waals surface area (Å²) in [7, 11) is 0. The predicted molar refractivity (Wildman–Crippen MR) is 77.9 cm³/mol. The fourth-order valence-corrected chi connectivity index (χ4v) is 3.06. The number of hydrogen-bond donors (Lipinski definition) is 2. The van der Waals surface area contributed by atoms with Crippen LogP contribution in [0.1, 0.15) is 18.1 Å². The van der Waals surface area contributed by atoms with E-state index in [4.69, 9.17) is 0 Å². The van der Waals surface area contributed by atoms with E-state index in [1.165, 1.54) is 16.8 Å². The lowest BCUT2D eigenvalue weighted by Gasteiger charge is -2.31. The van der Waals surface area contributed by atoms with Gasteiger partial charge >= 0.3 is 5.97 Å². The largest absolute Gasteiger partial charge is 0.480 e. The summed E-state index contributed by atoms with van der Waals surface area (Å²) in [4.78, 5) is 15.6. The molecule has 2 heterocycles. The van der Waals surface area contributed by atoms with Crippen LogP contribution < -0.4 is 10.2 Å². The Morgan fingerprint density at radius 1 is 1.30 bits per heavy atom. The Morgan fingerprint density at radius 3 is 2.75 bits per heavy atom. The summed E-state index contributed by atoms with van der Waals surface area (Å²) in [5, 5.41) is 12.5. The number of fused-ring (bicyclic) bond motifs is 1. The summed E-state index contributed by atoms with van der Waals surface area (Å²) in [6.07, 6.45) is 0. The lowest BCUT2D eigenvalue weighted by atomic mass is 10.1. The van der Waals surface area contributed by atoms with Gasteiger partial charge in [0, 0.05) is 45.0 Å². The zero-order valence-electron chi connectivity index (χ0n) is 11.8. The van der Waals surface area contributed by atoms with E-state index in [1.54, 1.807) is 6.92 Å². The van der Waals surface area contributed by atoms with Crippen LogP contribution in [0.4, 0.5) is 5.69 Å². The van der Waals surface area contributed by atoms with Crippen LogP contribution in [0.2, 0.25) is 0 Å². The Morgan fingerprint density at radius 2 is 2.05 bits per heavy atom. The van der Waals surface area contributed by atoms with Crippen LogP contribution in [0.15, 0.2) is 18.2 Å². The minimum absolute atomic E-state index is 0.432. The summed E-state index contributed by atoms with van der Waals surface area (Å²) < 4.78 is 0. The van der Waals surface area contributed by atoms with Crippen molar-refractivity contribution in [1.82, 2.24) is 10.2 Å². The minimum Gasteiger partial charge on any atom is -0.480 e. The van der Waals surface area contributed by atoms with Gasteiger partial charge in [-0.25, -0.2) is 0 Å². The van der Waals surface area contributed by atoms with Gasteiger partial charge in [-0.1, -0.05) is 12.1 Å². The average molecular weight is 275 g/mol. The molecule has 3 rings (SSSR count). The molecule has 0 saturated carbocycles. The molecule has 2 aliphatic heterocycles. The van der Waals surface area contributed by atoms with Crippen LogP contribution in [0, 0.1) is 0 Å². The quantitative estimate of drug-likeness (QED) is 0.858. The first-order valence-corrected chi connectivity index (χ1v) is 7.20. The van der Waals surface area contributed by atoms with Gasteiger partial charge in [0.05, 0.1) is 0 Å². The molecule has 1 fully saturated rings. The molecule has 0 aromatic heterocycles. The second kappa shape index (κ2) is 5.42. The number of anilines is 1. The van der Waals surface area contributed by atoms with Crippen molar-refractivity contribution in [2.45, 2.75) is 26.1 Å². The van der Waals surface area contributed by atoms with Crippen molar-refractivity contribution in [3.63, 3.8) is 0 Å². The summed E-state index contributed by atoms with van der Waals surface area (Å²) in [6, 6.07) is 5.94. The number of carboxylic acids is 1. The zero-order valence-corrected chi connectivity index (χ0v) is 11.8. The van der Waals surface area contributed by atoms with E-state index in [0.29, 0.717) is 0 Å². The van der Waals surface area contributed by atoms with Gasteiger partial charge in [0.1, 0.15) is 6.04 Å². The van der Waals surface area contributed by atoms with Gasteiger partial charge in [-0.15, -0.1) is 0 Å². The molecule has 20 heavy (non-hydrogen) atoms. The predicted octanol–water partition coefficient (Wildman–Crippen LogP) is 0.885. The van der Waals surface area contributed by atoms with Crippen molar-refractivity contribution >= 4 is 11.7 Å². The molecule has 0 amide bonds. The molecule has 0 spiro atoms. The second-order valence-corrected chi connectivity index (χ2v) is 5.57.